The van der Waals surface area contributed by atoms with Crippen LogP contribution in [-0.4, -0.2) is 33.6 Å². The number of hydrogen-bond acceptors (Lipinski definition) is 3. The van der Waals surface area contributed by atoms with Crippen molar-refractivity contribution in [3.8, 4) is 22.4 Å². The number of aromatic carboxylic acids is 1. The van der Waals surface area contributed by atoms with Gasteiger partial charge in [0.15, 0.2) is 0 Å². The van der Waals surface area contributed by atoms with E-state index in [1.807, 2.05) is 49.5 Å². The maximum absolute atomic E-state index is 12.2. The minimum atomic E-state index is -0.845. The first-order chi connectivity index (χ1) is 15.0. The van der Waals surface area contributed by atoms with Crippen molar-refractivity contribution in [1.29, 1.82) is 0 Å². The Morgan fingerprint density at radius 2 is 1.71 bits per heavy atom. The molecule has 1 saturated heterocycles. The standard InChI is InChI=1S/C25H23ClN2O2S/c1-27-21(17-9-11-18(26)12-10-17)20(16-7-3-2-4-8-16)24-22(27)19(23(31-24)25(29)30)15-28-13-5-6-14-28/h2-4,7-12H,5-6,13-15H2,1H3,(H,29,30). The zero-order chi connectivity index (χ0) is 21.5. The van der Waals surface area contributed by atoms with Crippen LogP contribution in [0.3, 0.4) is 0 Å². The van der Waals surface area contributed by atoms with Crippen molar-refractivity contribution in [1.82, 2.24) is 9.47 Å². The van der Waals surface area contributed by atoms with Crippen molar-refractivity contribution in [2.75, 3.05) is 13.1 Å². The maximum Gasteiger partial charge on any atom is 0.346 e. The molecule has 0 spiro atoms. The van der Waals surface area contributed by atoms with Crippen LogP contribution in [0.5, 0.6) is 0 Å². The van der Waals surface area contributed by atoms with Crippen LogP contribution in [0.15, 0.2) is 54.6 Å². The van der Waals surface area contributed by atoms with Crippen molar-refractivity contribution in [2.45, 2.75) is 19.4 Å². The third-order valence-corrected chi connectivity index (χ3v) is 7.55. The number of carboxylic acid groups (broad SMARTS) is 1. The van der Waals surface area contributed by atoms with Gasteiger partial charge in [0.25, 0.3) is 0 Å². The summed E-state index contributed by atoms with van der Waals surface area (Å²) in [7, 11) is 2.05. The molecule has 0 aliphatic carbocycles. The average Bonchev–Trinajstić information content (AvgIpc) is 3.47. The summed E-state index contributed by atoms with van der Waals surface area (Å²) in [5, 5.41) is 10.7. The van der Waals surface area contributed by atoms with Crippen LogP contribution in [0, 0.1) is 0 Å². The summed E-state index contributed by atoms with van der Waals surface area (Å²) in [5.41, 5.74) is 6.28. The summed E-state index contributed by atoms with van der Waals surface area (Å²) in [4.78, 5) is 15.0. The molecule has 0 radical (unpaired) electrons. The molecule has 2 aromatic heterocycles. The number of likely N-dealkylation sites (tertiary alicyclic amines) is 1. The quantitative estimate of drug-likeness (QED) is 0.376. The summed E-state index contributed by atoms with van der Waals surface area (Å²) in [6.07, 6.45) is 2.35. The zero-order valence-corrected chi connectivity index (χ0v) is 18.8. The SMILES string of the molecule is Cn1c(-c2ccc(Cl)cc2)c(-c2ccccc2)c2sc(C(=O)O)c(CN3CCCC3)c21. The van der Waals surface area contributed by atoms with Crippen LogP contribution in [0.1, 0.15) is 28.1 Å². The number of halogens is 1. The molecule has 0 unspecified atom stereocenters. The van der Waals surface area contributed by atoms with Crippen LogP contribution in [0.2, 0.25) is 5.02 Å². The number of carbonyl (C=O) groups is 1. The molecular formula is C25H23ClN2O2S. The maximum atomic E-state index is 12.2. The molecule has 3 heterocycles. The molecule has 31 heavy (non-hydrogen) atoms. The van der Waals surface area contributed by atoms with Crippen LogP contribution < -0.4 is 0 Å². The Bertz CT molecular complexity index is 1250. The Hall–Kier alpha value is -2.60. The Morgan fingerprint density at radius 1 is 1.03 bits per heavy atom. The summed E-state index contributed by atoms with van der Waals surface area (Å²) in [6, 6.07) is 18.1. The highest BCUT2D eigenvalue weighted by molar-refractivity contribution is 7.21. The smallest absolute Gasteiger partial charge is 0.346 e. The lowest BCUT2D eigenvalue weighted by atomic mass is 10.0. The Kier molecular flexibility index (Phi) is 5.34. The molecule has 4 aromatic rings. The van der Waals surface area contributed by atoms with Crippen molar-refractivity contribution >= 4 is 39.1 Å². The number of benzene rings is 2. The van der Waals surface area contributed by atoms with E-state index in [1.54, 1.807) is 0 Å². The molecule has 0 bridgehead atoms. The van der Waals surface area contributed by atoms with Gasteiger partial charge in [0.1, 0.15) is 4.88 Å². The van der Waals surface area contributed by atoms with Gasteiger partial charge in [0.05, 0.1) is 15.9 Å². The van der Waals surface area contributed by atoms with Crippen LogP contribution >= 0.6 is 22.9 Å². The van der Waals surface area contributed by atoms with E-state index < -0.39 is 5.97 Å². The molecular weight excluding hydrogens is 428 g/mol. The first-order valence-corrected chi connectivity index (χ1v) is 11.6. The lowest BCUT2D eigenvalue weighted by molar-refractivity contribution is 0.0700. The minimum Gasteiger partial charge on any atom is -0.477 e. The van der Waals surface area contributed by atoms with Crippen LogP contribution in [-0.2, 0) is 13.6 Å². The first kappa shape index (κ1) is 20.3. The summed E-state index contributed by atoms with van der Waals surface area (Å²) in [5.74, 6) is -0.845. The Balaban J connectivity index is 1.81. The van der Waals surface area contributed by atoms with Crippen molar-refractivity contribution in [3.05, 3.63) is 70.1 Å². The van der Waals surface area contributed by atoms with Crippen molar-refractivity contribution in [3.63, 3.8) is 0 Å². The van der Waals surface area contributed by atoms with E-state index in [0.29, 0.717) is 16.4 Å². The highest BCUT2D eigenvalue weighted by atomic mass is 35.5. The van der Waals surface area contributed by atoms with Gasteiger partial charge in [-0.15, -0.1) is 11.3 Å². The largest absolute Gasteiger partial charge is 0.477 e. The van der Waals surface area contributed by atoms with Gasteiger partial charge in [-0.05, 0) is 49.2 Å². The van der Waals surface area contributed by atoms with Gasteiger partial charge in [-0.3, -0.25) is 4.90 Å². The van der Waals surface area contributed by atoms with E-state index in [4.69, 9.17) is 11.6 Å². The predicted molar refractivity (Wildman–Crippen MR) is 128 cm³/mol. The molecule has 1 fully saturated rings. The minimum absolute atomic E-state index is 0.451. The molecule has 5 rings (SSSR count). The number of thiophene rings is 1. The molecule has 0 amide bonds. The van der Waals surface area contributed by atoms with Crippen LogP contribution in [0.4, 0.5) is 0 Å². The molecule has 2 aromatic carbocycles. The zero-order valence-electron chi connectivity index (χ0n) is 17.3. The van der Waals surface area contributed by atoms with E-state index in [9.17, 15) is 9.90 Å². The number of rotatable bonds is 5. The average molecular weight is 451 g/mol. The second-order valence-corrected chi connectivity index (χ2v) is 9.49. The van der Waals surface area contributed by atoms with Gasteiger partial charge in [-0.25, -0.2) is 4.79 Å². The second kappa shape index (κ2) is 8.15. The molecule has 6 heteroatoms. The molecule has 0 saturated carbocycles. The highest BCUT2D eigenvalue weighted by Crippen LogP contribution is 2.46. The van der Waals surface area contributed by atoms with Crippen molar-refractivity contribution in [2.24, 2.45) is 7.05 Å². The third-order valence-electron chi connectivity index (χ3n) is 6.07. The Morgan fingerprint density at radius 3 is 2.35 bits per heavy atom. The van der Waals surface area contributed by atoms with Gasteiger partial charge in [0, 0.05) is 29.7 Å². The summed E-state index contributed by atoms with van der Waals surface area (Å²) >= 11 is 7.55. The van der Waals surface area contributed by atoms with Crippen molar-refractivity contribution < 1.29 is 9.90 Å². The summed E-state index contributed by atoms with van der Waals surface area (Å²) < 4.78 is 3.21. The third kappa shape index (κ3) is 3.57. The predicted octanol–water partition coefficient (Wildman–Crippen LogP) is 6.52. The van der Waals surface area contributed by atoms with Gasteiger partial charge in [0.2, 0.25) is 0 Å². The van der Waals surface area contributed by atoms with Gasteiger partial charge in [-0.1, -0.05) is 54.1 Å². The first-order valence-electron chi connectivity index (χ1n) is 10.5. The van der Waals surface area contributed by atoms with Gasteiger partial charge in [-0.2, -0.15) is 0 Å². The fourth-order valence-corrected chi connectivity index (χ4v) is 6.05. The molecule has 1 aliphatic heterocycles. The second-order valence-electron chi connectivity index (χ2n) is 8.03. The lowest BCUT2D eigenvalue weighted by Crippen LogP contribution is -2.20. The van der Waals surface area contributed by atoms with E-state index in [1.165, 1.54) is 24.2 Å². The fourth-order valence-electron chi connectivity index (χ4n) is 4.67. The number of hydrogen-bond donors (Lipinski definition) is 1. The van der Waals surface area contributed by atoms with Crippen LogP contribution in [0.25, 0.3) is 32.6 Å². The lowest BCUT2D eigenvalue weighted by Gasteiger charge is -2.16. The number of fused-ring (bicyclic) bond motifs is 1. The van der Waals surface area contributed by atoms with Gasteiger partial charge < -0.3 is 9.67 Å². The van der Waals surface area contributed by atoms with E-state index in [2.05, 4.69) is 21.6 Å². The highest BCUT2D eigenvalue weighted by Gasteiger charge is 2.28. The fraction of sp³-hybridized carbons (Fsp3) is 0.240. The van der Waals surface area contributed by atoms with Gasteiger partial charge >= 0.3 is 5.97 Å². The normalized spacial score (nSPS) is 14.5. The summed E-state index contributed by atoms with van der Waals surface area (Å²) in [6.45, 7) is 2.72. The molecule has 1 aliphatic rings. The monoisotopic (exact) mass is 450 g/mol. The Labute approximate surface area is 190 Å². The molecule has 4 nitrogen and oxygen atoms in total. The molecule has 158 valence electrons. The van der Waals surface area contributed by atoms with E-state index in [0.717, 1.165) is 51.3 Å². The van der Waals surface area contributed by atoms with E-state index >= 15 is 0 Å². The number of aryl methyl sites for hydroxylation is 1. The molecule has 1 N–H and O–H groups in total. The number of aromatic nitrogens is 1. The number of nitrogens with zero attached hydrogens (tertiary/aromatic N) is 2. The topological polar surface area (TPSA) is 45.5 Å². The van der Waals surface area contributed by atoms with E-state index in [-0.39, 0.29) is 0 Å². The molecule has 0 atom stereocenters. The number of carboxylic acids is 1.